The highest BCUT2D eigenvalue weighted by atomic mass is 16.5. The monoisotopic (exact) mass is 214 g/mol. The highest BCUT2D eigenvalue weighted by Gasteiger charge is 2.26. The van der Waals surface area contributed by atoms with E-state index in [2.05, 4.69) is 10.6 Å². The van der Waals surface area contributed by atoms with Gasteiger partial charge in [0.05, 0.1) is 19.8 Å². The van der Waals surface area contributed by atoms with Gasteiger partial charge in [0.25, 0.3) is 0 Å². The van der Waals surface area contributed by atoms with E-state index < -0.39 is 0 Å². The molecule has 0 spiro atoms. The number of rotatable bonds is 5. The molecule has 0 aromatic carbocycles. The zero-order valence-corrected chi connectivity index (χ0v) is 9.50. The minimum atomic E-state index is 0.525. The van der Waals surface area contributed by atoms with Crippen LogP contribution in [-0.4, -0.2) is 52.6 Å². The van der Waals surface area contributed by atoms with Crippen molar-refractivity contribution >= 4 is 0 Å². The molecule has 0 aromatic rings. The molecule has 0 radical (unpaired) electrons. The van der Waals surface area contributed by atoms with Crippen LogP contribution < -0.4 is 10.6 Å². The third-order valence-corrected chi connectivity index (χ3v) is 3.43. The van der Waals surface area contributed by atoms with Crippen LogP contribution in [0, 0.1) is 11.8 Å². The first-order chi connectivity index (χ1) is 7.40. The van der Waals surface area contributed by atoms with Crippen LogP contribution in [0.15, 0.2) is 0 Å². The minimum absolute atomic E-state index is 0.525. The Morgan fingerprint density at radius 3 is 2.80 bits per heavy atom. The molecule has 4 heteroatoms. The summed E-state index contributed by atoms with van der Waals surface area (Å²) in [5.74, 6) is 1.35. The van der Waals surface area contributed by atoms with Crippen molar-refractivity contribution in [3.8, 4) is 0 Å². The average Bonchev–Trinajstić information content (AvgIpc) is 2.88. The van der Waals surface area contributed by atoms with Gasteiger partial charge in [-0.3, -0.25) is 0 Å². The van der Waals surface area contributed by atoms with Crippen molar-refractivity contribution in [1.29, 1.82) is 0 Å². The molecule has 2 aliphatic heterocycles. The number of nitrogens with one attached hydrogen (secondary N) is 2. The van der Waals surface area contributed by atoms with Crippen LogP contribution >= 0.6 is 0 Å². The Balaban J connectivity index is 1.60. The molecule has 0 aromatic heterocycles. The Hall–Kier alpha value is -0.160. The fourth-order valence-corrected chi connectivity index (χ4v) is 2.34. The van der Waals surface area contributed by atoms with E-state index >= 15 is 0 Å². The maximum Gasteiger partial charge on any atom is 0.0623 e. The molecule has 2 N–H and O–H groups in total. The molecule has 3 atom stereocenters. The van der Waals surface area contributed by atoms with E-state index in [4.69, 9.17) is 9.47 Å². The van der Waals surface area contributed by atoms with Crippen molar-refractivity contribution in [3.05, 3.63) is 0 Å². The molecule has 4 nitrogen and oxygen atoms in total. The van der Waals surface area contributed by atoms with E-state index in [0.29, 0.717) is 12.0 Å². The van der Waals surface area contributed by atoms with Crippen LogP contribution in [0.3, 0.4) is 0 Å². The highest BCUT2D eigenvalue weighted by molar-refractivity contribution is 4.82. The van der Waals surface area contributed by atoms with Gasteiger partial charge in [-0.1, -0.05) is 0 Å². The van der Waals surface area contributed by atoms with Crippen molar-refractivity contribution in [3.63, 3.8) is 0 Å². The smallest absolute Gasteiger partial charge is 0.0623 e. The van der Waals surface area contributed by atoms with Crippen LogP contribution in [0.5, 0.6) is 0 Å². The van der Waals surface area contributed by atoms with E-state index in [-0.39, 0.29) is 0 Å². The molecule has 2 aliphatic rings. The van der Waals surface area contributed by atoms with Crippen LogP contribution in [0.4, 0.5) is 0 Å². The van der Waals surface area contributed by atoms with Gasteiger partial charge in [0, 0.05) is 31.7 Å². The Bertz CT molecular complexity index is 183. The first kappa shape index (κ1) is 11.3. The number of ether oxygens (including phenoxy) is 2. The van der Waals surface area contributed by atoms with Gasteiger partial charge in [-0.25, -0.2) is 0 Å². The maximum atomic E-state index is 5.46. The first-order valence-electron chi connectivity index (χ1n) is 5.93. The normalized spacial score (nSPS) is 36.2. The van der Waals surface area contributed by atoms with Crippen LogP contribution in [0.25, 0.3) is 0 Å². The SMILES string of the molecule is CNC1COCC1CNCC1CCOC1. The lowest BCUT2D eigenvalue weighted by Crippen LogP contribution is -2.39. The van der Waals surface area contributed by atoms with Gasteiger partial charge in [-0.05, 0) is 19.4 Å². The first-order valence-corrected chi connectivity index (χ1v) is 5.93. The zero-order chi connectivity index (χ0) is 10.5. The molecule has 2 rings (SSSR count). The third kappa shape index (κ3) is 3.14. The predicted octanol–water partition coefficient (Wildman–Crippen LogP) is -0.153. The summed E-state index contributed by atoms with van der Waals surface area (Å²) in [5.41, 5.74) is 0. The molecule has 0 aliphatic carbocycles. The van der Waals surface area contributed by atoms with Gasteiger partial charge in [-0.2, -0.15) is 0 Å². The van der Waals surface area contributed by atoms with Crippen LogP contribution in [-0.2, 0) is 9.47 Å². The molecular formula is C11H22N2O2. The molecule has 2 fully saturated rings. The Morgan fingerprint density at radius 1 is 1.13 bits per heavy atom. The second kappa shape index (κ2) is 5.80. The molecule has 0 amide bonds. The molecular weight excluding hydrogens is 192 g/mol. The van der Waals surface area contributed by atoms with E-state index in [0.717, 1.165) is 45.4 Å². The summed E-state index contributed by atoms with van der Waals surface area (Å²) >= 11 is 0. The van der Waals surface area contributed by atoms with Gasteiger partial charge in [0.2, 0.25) is 0 Å². The van der Waals surface area contributed by atoms with Gasteiger partial charge in [0.1, 0.15) is 0 Å². The predicted molar refractivity (Wildman–Crippen MR) is 59.0 cm³/mol. The number of hydrogen-bond donors (Lipinski definition) is 2. The van der Waals surface area contributed by atoms with Crippen molar-refractivity contribution in [2.45, 2.75) is 12.5 Å². The van der Waals surface area contributed by atoms with Crippen molar-refractivity contribution in [2.75, 3.05) is 46.6 Å². The van der Waals surface area contributed by atoms with E-state index in [9.17, 15) is 0 Å². The molecule has 0 bridgehead atoms. The van der Waals surface area contributed by atoms with E-state index in [1.54, 1.807) is 0 Å². The maximum absolute atomic E-state index is 5.46. The second-order valence-corrected chi connectivity index (χ2v) is 4.58. The lowest BCUT2D eigenvalue weighted by atomic mass is 10.0. The molecule has 15 heavy (non-hydrogen) atoms. The van der Waals surface area contributed by atoms with Crippen LogP contribution in [0.1, 0.15) is 6.42 Å². The summed E-state index contributed by atoms with van der Waals surface area (Å²) in [6.45, 7) is 5.77. The lowest BCUT2D eigenvalue weighted by Gasteiger charge is -2.18. The number of likely N-dealkylation sites (N-methyl/N-ethyl adjacent to an activating group) is 1. The Labute approximate surface area is 91.7 Å². The Morgan fingerprint density at radius 2 is 2.07 bits per heavy atom. The van der Waals surface area contributed by atoms with Gasteiger partial charge < -0.3 is 20.1 Å². The van der Waals surface area contributed by atoms with Gasteiger partial charge in [0.15, 0.2) is 0 Å². The van der Waals surface area contributed by atoms with E-state index in [1.807, 2.05) is 7.05 Å². The number of hydrogen-bond acceptors (Lipinski definition) is 4. The second-order valence-electron chi connectivity index (χ2n) is 4.58. The summed E-state index contributed by atoms with van der Waals surface area (Å²) in [6.07, 6.45) is 1.21. The van der Waals surface area contributed by atoms with Crippen molar-refractivity contribution in [1.82, 2.24) is 10.6 Å². The topological polar surface area (TPSA) is 42.5 Å². The van der Waals surface area contributed by atoms with Crippen molar-refractivity contribution in [2.24, 2.45) is 11.8 Å². The average molecular weight is 214 g/mol. The quantitative estimate of drug-likeness (QED) is 0.668. The fourth-order valence-electron chi connectivity index (χ4n) is 2.34. The summed E-state index contributed by atoms with van der Waals surface area (Å²) in [7, 11) is 2.01. The zero-order valence-electron chi connectivity index (χ0n) is 9.50. The summed E-state index contributed by atoms with van der Waals surface area (Å²) in [6, 6.07) is 0.525. The molecule has 3 unspecified atom stereocenters. The largest absolute Gasteiger partial charge is 0.381 e. The lowest BCUT2D eigenvalue weighted by molar-refractivity contribution is 0.180. The minimum Gasteiger partial charge on any atom is -0.381 e. The van der Waals surface area contributed by atoms with Crippen LogP contribution in [0.2, 0.25) is 0 Å². The molecule has 2 heterocycles. The third-order valence-electron chi connectivity index (χ3n) is 3.43. The molecule has 2 saturated heterocycles. The summed E-state index contributed by atoms with van der Waals surface area (Å²) in [5, 5.41) is 6.84. The fraction of sp³-hybridized carbons (Fsp3) is 1.00. The van der Waals surface area contributed by atoms with Gasteiger partial charge in [-0.15, -0.1) is 0 Å². The standard InChI is InChI=1S/C11H22N2O2/c1-12-11-8-15-7-10(11)5-13-4-9-2-3-14-6-9/h9-13H,2-8H2,1H3. The molecule has 0 saturated carbocycles. The highest BCUT2D eigenvalue weighted by Crippen LogP contribution is 2.14. The summed E-state index contributed by atoms with van der Waals surface area (Å²) < 4.78 is 10.8. The molecule has 88 valence electrons. The van der Waals surface area contributed by atoms with Crippen molar-refractivity contribution < 1.29 is 9.47 Å². The Kier molecular flexibility index (Phi) is 4.38. The summed E-state index contributed by atoms with van der Waals surface area (Å²) in [4.78, 5) is 0. The van der Waals surface area contributed by atoms with Gasteiger partial charge >= 0.3 is 0 Å². The van der Waals surface area contributed by atoms with E-state index in [1.165, 1.54) is 6.42 Å².